The molecule has 0 heterocycles. The lowest BCUT2D eigenvalue weighted by atomic mass is 9.87. The molecular formula is C16H23NO3. The van der Waals surface area contributed by atoms with Gasteiger partial charge in [-0.05, 0) is 37.0 Å². The average Bonchev–Trinajstić information content (AvgIpc) is 2.27. The normalized spacial score (nSPS) is 12.1. The van der Waals surface area contributed by atoms with E-state index in [1.165, 1.54) is 19.4 Å². The number of carbonyl (C=O) groups is 2. The van der Waals surface area contributed by atoms with Crippen LogP contribution >= 0.6 is 0 Å². The summed E-state index contributed by atoms with van der Waals surface area (Å²) in [7, 11) is 0. The van der Waals surface area contributed by atoms with Gasteiger partial charge in [0.25, 0.3) is 0 Å². The molecule has 1 rings (SSSR count). The molecule has 20 heavy (non-hydrogen) atoms. The van der Waals surface area contributed by atoms with Crippen LogP contribution in [0.3, 0.4) is 0 Å². The second-order valence-electron chi connectivity index (χ2n) is 6.74. The Balaban J connectivity index is 2.70. The maximum atomic E-state index is 11.8. The van der Waals surface area contributed by atoms with Gasteiger partial charge >= 0.3 is 5.97 Å². The van der Waals surface area contributed by atoms with Gasteiger partial charge in [0, 0.05) is 12.1 Å². The molecule has 0 aliphatic heterocycles. The zero-order valence-corrected chi connectivity index (χ0v) is 12.8. The molecule has 0 aromatic heterocycles. The number of rotatable bonds is 4. The summed E-state index contributed by atoms with van der Waals surface area (Å²) in [6.45, 7) is 9.44. The lowest BCUT2D eigenvalue weighted by Crippen LogP contribution is -2.29. The lowest BCUT2D eigenvalue weighted by Gasteiger charge is -2.20. The molecule has 0 unspecified atom stereocenters. The van der Waals surface area contributed by atoms with Crippen LogP contribution in [0.15, 0.2) is 24.3 Å². The number of carbonyl (C=O) groups excluding carboxylic acids is 1. The van der Waals surface area contributed by atoms with Crippen LogP contribution < -0.4 is 5.32 Å². The summed E-state index contributed by atoms with van der Waals surface area (Å²) in [6, 6.07) is 7.62. The molecule has 0 aliphatic rings. The number of nitrogens with one attached hydrogen (secondary N) is 1. The van der Waals surface area contributed by atoms with Crippen molar-refractivity contribution in [2.75, 3.05) is 5.32 Å². The van der Waals surface area contributed by atoms with Crippen molar-refractivity contribution >= 4 is 17.6 Å². The molecule has 110 valence electrons. The molecule has 4 heteroatoms. The summed E-state index contributed by atoms with van der Waals surface area (Å²) in [5.74, 6) is -1.27. The van der Waals surface area contributed by atoms with E-state index in [-0.39, 0.29) is 17.7 Å². The summed E-state index contributed by atoms with van der Waals surface area (Å²) >= 11 is 0. The SMILES string of the molecule is CC(C)(CC(=O)Nc1ccc(C(C)(C)C)cc1)C(=O)O. The van der Waals surface area contributed by atoms with Crippen molar-refractivity contribution in [2.24, 2.45) is 5.41 Å². The second-order valence-corrected chi connectivity index (χ2v) is 6.74. The van der Waals surface area contributed by atoms with Gasteiger partial charge in [-0.1, -0.05) is 32.9 Å². The van der Waals surface area contributed by atoms with Crippen LogP contribution in [0.2, 0.25) is 0 Å². The topological polar surface area (TPSA) is 66.4 Å². The summed E-state index contributed by atoms with van der Waals surface area (Å²) in [4.78, 5) is 22.8. The van der Waals surface area contributed by atoms with Crippen LogP contribution in [0.1, 0.15) is 46.6 Å². The summed E-state index contributed by atoms with van der Waals surface area (Å²) in [5, 5.41) is 11.7. The molecule has 0 saturated carbocycles. The average molecular weight is 277 g/mol. The van der Waals surface area contributed by atoms with Gasteiger partial charge in [0.05, 0.1) is 5.41 Å². The highest BCUT2D eigenvalue weighted by Crippen LogP contribution is 2.24. The highest BCUT2D eigenvalue weighted by atomic mass is 16.4. The lowest BCUT2D eigenvalue weighted by molar-refractivity contribution is -0.148. The van der Waals surface area contributed by atoms with E-state index in [1.54, 1.807) is 0 Å². The first-order chi connectivity index (χ1) is 9.02. The summed E-state index contributed by atoms with van der Waals surface area (Å²) in [5.41, 5.74) is 0.869. The van der Waals surface area contributed by atoms with Crippen LogP contribution in [0.5, 0.6) is 0 Å². The molecule has 4 nitrogen and oxygen atoms in total. The molecule has 0 fully saturated rings. The highest BCUT2D eigenvalue weighted by molar-refractivity contribution is 5.94. The Hall–Kier alpha value is -1.84. The molecule has 1 amide bonds. The van der Waals surface area contributed by atoms with E-state index in [4.69, 9.17) is 5.11 Å². The van der Waals surface area contributed by atoms with E-state index in [9.17, 15) is 9.59 Å². The van der Waals surface area contributed by atoms with Crippen molar-refractivity contribution in [3.63, 3.8) is 0 Å². The zero-order chi connectivity index (χ0) is 15.6. The predicted molar refractivity (Wildman–Crippen MR) is 79.8 cm³/mol. The molecule has 0 atom stereocenters. The second kappa shape index (κ2) is 5.65. The van der Waals surface area contributed by atoms with Crippen molar-refractivity contribution in [1.82, 2.24) is 0 Å². The predicted octanol–water partition coefficient (Wildman–Crippen LogP) is 3.42. The number of carboxylic acids is 1. The number of benzene rings is 1. The maximum Gasteiger partial charge on any atom is 0.309 e. The number of hydrogen-bond acceptors (Lipinski definition) is 2. The minimum Gasteiger partial charge on any atom is -0.481 e. The van der Waals surface area contributed by atoms with Gasteiger partial charge in [-0.25, -0.2) is 0 Å². The van der Waals surface area contributed by atoms with Crippen molar-refractivity contribution in [3.8, 4) is 0 Å². The van der Waals surface area contributed by atoms with Gasteiger partial charge in [-0.2, -0.15) is 0 Å². The Morgan fingerprint density at radius 1 is 1.05 bits per heavy atom. The van der Waals surface area contributed by atoms with Gasteiger partial charge in [-0.3, -0.25) is 9.59 Å². The number of carboxylic acid groups (broad SMARTS) is 1. The summed E-state index contributed by atoms with van der Waals surface area (Å²) in [6.07, 6.45) is -0.0522. The number of amides is 1. The molecule has 1 aromatic carbocycles. The van der Waals surface area contributed by atoms with Gasteiger partial charge < -0.3 is 10.4 Å². The molecule has 0 bridgehead atoms. The smallest absolute Gasteiger partial charge is 0.309 e. The zero-order valence-electron chi connectivity index (χ0n) is 12.8. The minimum atomic E-state index is -1.06. The third-order valence-corrected chi connectivity index (χ3v) is 3.22. The standard InChI is InChI=1S/C16H23NO3/c1-15(2,3)11-6-8-12(9-7-11)17-13(18)10-16(4,5)14(19)20/h6-9H,10H2,1-5H3,(H,17,18)(H,19,20). The van der Waals surface area contributed by atoms with Crippen LogP contribution in [-0.4, -0.2) is 17.0 Å². The highest BCUT2D eigenvalue weighted by Gasteiger charge is 2.30. The maximum absolute atomic E-state index is 11.8. The van der Waals surface area contributed by atoms with E-state index in [0.717, 1.165) is 0 Å². The minimum absolute atomic E-state index is 0.0522. The van der Waals surface area contributed by atoms with E-state index in [0.29, 0.717) is 5.69 Å². The van der Waals surface area contributed by atoms with Gasteiger partial charge in [0.15, 0.2) is 0 Å². The molecule has 0 spiro atoms. The Kier molecular flexibility index (Phi) is 4.58. The van der Waals surface area contributed by atoms with Crippen molar-refractivity contribution < 1.29 is 14.7 Å². The first kappa shape index (κ1) is 16.2. The third-order valence-electron chi connectivity index (χ3n) is 3.22. The molecular weight excluding hydrogens is 254 g/mol. The van der Waals surface area contributed by atoms with E-state index in [1.807, 2.05) is 24.3 Å². The van der Waals surface area contributed by atoms with Crippen LogP contribution in [-0.2, 0) is 15.0 Å². The number of anilines is 1. The monoisotopic (exact) mass is 277 g/mol. The molecule has 0 saturated heterocycles. The van der Waals surface area contributed by atoms with Gasteiger partial charge in [0.2, 0.25) is 5.91 Å². The van der Waals surface area contributed by atoms with Gasteiger partial charge in [0.1, 0.15) is 0 Å². The van der Waals surface area contributed by atoms with Crippen LogP contribution in [0, 0.1) is 5.41 Å². The van der Waals surface area contributed by atoms with Crippen LogP contribution in [0.25, 0.3) is 0 Å². The third kappa shape index (κ3) is 4.37. The Labute approximate surface area is 120 Å². The Bertz CT molecular complexity index is 495. The van der Waals surface area contributed by atoms with E-state index >= 15 is 0 Å². The summed E-state index contributed by atoms with van der Waals surface area (Å²) < 4.78 is 0. The largest absolute Gasteiger partial charge is 0.481 e. The quantitative estimate of drug-likeness (QED) is 0.886. The Morgan fingerprint density at radius 3 is 1.95 bits per heavy atom. The fourth-order valence-electron chi connectivity index (χ4n) is 1.74. The molecule has 0 aliphatic carbocycles. The van der Waals surface area contributed by atoms with Crippen molar-refractivity contribution in [2.45, 2.75) is 46.5 Å². The fourth-order valence-corrected chi connectivity index (χ4v) is 1.74. The fraction of sp³-hybridized carbons (Fsp3) is 0.500. The van der Waals surface area contributed by atoms with E-state index < -0.39 is 11.4 Å². The molecule has 1 aromatic rings. The first-order valence-electron chi connectivity index (χ1n) is 6.66. The molecule has 2 N–H and O–H groups in total. The molecule has 0 radical (unpaired) electrons. The van der Waals surface area contributed by atoms with Crippen molar-refractivity contribution in [1.29, 1.82) is 0 Å². The first-order valence-corrected chi connectivity index (χ1v) is 6.66. The Morgan fingerprint density at radius 2 is 1.55 bits per heavy atom. The number of aliphatic carboxylic acids is 1. The van der Waals surface area contributed by atoms with Crippen molar-refractivity contribution in [3.05, 3.63) is 29.8 Å². The van der Waals surface area contributed by atoms with E-state index in [2.05, 4.69) is 26.1 Å². The number of hydrogen-bond donors (Lipinski definition) is 2. The van der Waals surface area contributed by atoms with Gasteiger partial charge in [-0.15, -0.1) is 0 Å². The van der Waals surface area contributed by atoms with Crippen LogP contribution in [0.4, 0.5) is 5.69 Å².